The number of benzene rings is 1. The number of ether oxygens (including phenoxy) is 1. The molecule has 1 fully saturated rings. The van der Waals surface area contributed by atoms with Crippen molar-refractivity contribution in [2.24, 2.45) is 5.92 Å². The summed E-state index contributed by atoms with van der Waals surface area (Å²) >= 11 is 0. The first-order chi connectivity index (χ1) is 7.18. The molecule has 15 heavy (non-hydrogen) atoms. The third kappa shape index (κ3) is 2.35. The highest BCUT2D eigenvalue weighted by Crippen LogP contribution is 2.37. The van der Waals surface area contributed by atoms with E-state index >= 15 is 0 Å². The van der Waals surface area contributed by atoms with E-state index in [0.717, 1.165) is 12.3 Å². The van der Waals surface area contributed by atoms with E-state index in [0.29, 0.717) is 11.7 Å². The molecule has 0 unspecified atom stereocenters. The van der Waals surface area contributed by atoms with Crippen molar-refractivity contribution in [1.82, 2.24) is 0 Å². The third-order valence-electron chi connectivity index (χ3n) is 2.63. The quantitative estimate of drug-likeness (QED) is 0.822. The molecule has 0 spiro atoms. The van der Waals surface area contributed by atoms with Crippen molar-refractivity contribution in [3.05, 3.63) is 18.2 Å². The molecule has 0 heterocycles. The molecule has 0 saturated heterocycles. The summed E-state index contributed by atoms with van der Waals surface area (Å²) in [4.78, 5) is 1.87. The van der Waals surface area contributed by atoms with E-state index in [2.05, 4.69) is 0 Å². The lowest BCUT2D eigenvalue weighted by Gasteiger charge is -2.16. The minimum atomic E-state index is 0.239. The molecule has 3 nitrogen and oxygen atoms in total. The lowest BCUT2D eigenvalue weighted by molar-refractivity contribution is 0.284. The molecule has 1 aliphatic rings. The number of hydrogen-bond acceptors (Lipinski definition) is 3. The Morgan fingerprint density at radius 3 is 2.73 bits per heavy atom. The topological polar surface area (TPSA) is 32.7 Å². The maximum absolute atomic E-state index is 9.93. The van der Waals surface area contributed by atoms with E-state index < -0.39 is 0 Å². The second-order valence-electron chi connectivity index (χ2n) is 4.27. The number of rotatable bonds is 4. The highest BCUT2D eigenvalue weighted by Gasteiger charge is 2.22. The summed E-state index contributed by atoms with van der Waals surface area (Å²) in [5.74, 6) is 1.53. The Bertz CT molecular complexity index is 345. The summed E-state index contributed by atoms with van der Waals surface area (Å²) < 4.78 is 5.57. The first-order valence-electron chi connectivity index (χ1n) is 5.30. The van der Waals surface area contributed by atoms with E-state index in [-0.39, 0.29) is 5.75 Å². The van der Waals surface area contributed by atoms with Crippen LogP contribution in [0.5, 0.6) is 11.5 Å². The Balaban J connectivity index is 2.11. The molecule has 1 aromatic rings. The lowest BCUT2D eigenvalue weighted by Crippen LogP contribution is -2.09. The van der Waals surface area contributed by atoms with Crippen molar-refractivity contribution in [2.75, 3.05) is 25.6 Å². The first kappa shape index (κ1) is 10.1. The van der Waals surface area contributed by atoms with E-state index in [9.17, 15) is 5.11 Å². The van der Waals surface area contributed by atoms with Gasteiger partial charge in [0.15, 0.2) is 11.5 Å². The van der Waals surface area contributed by atoms with Crippen LogP contribution in [0, 0.1) is 5.92 Å². The Morgan fingerprint density at radius 1 is 1.40 bits per heavy atom. The largest absolute Gasteiger partial charge is 0.503 e. The van der Waals surface area contributed by atoms with Gasteiger partial charge in [-0.2, -0.15) is 0 Å². The Labute approximate surface area is 90.3 Å². The average Bonchev–Trinajstić information content (AvgIpc) is 2.99. The average molecular weight is 207 g/mol. The zero-order valence-electron chi connectivity index (χ0n) is 9.23. The molecule has 0 aliphatic heterocycles. The van der Waals surface area contributed by atoms with Crippen LogP contribution in [0.3, 0.4) is 0 Å². The van der Waals surface area contributed by atoms with Gasteiger partial charge in [0.1, 0.15) is 0 Å². The van der Waals surface area contributed by atoms with E-state index in [1.165, 1.54) is 12.8 Å². The minimum absolute atomic E-state index is 0.239. The number of hydrogen-bond donors (Lipinski definition) is 1. The molecule has 0 amide bonds. The second-order valence-corrected chi connectivity index (χ2v) is 4.27. The normalized spacial score (nSPS) is 15.1. The summed E-state index contributed by atoms with van der Waals surface area (Å²) in [5, 5.41) is 9.93. The molecule has 3 heteroatoms. The van der Waals surface area contributed by atoms with Crippen LogP contribution in [0.1, 0.15) is 12.8 Å². The minimum Gasteiger partial charge on any atom is -0.503 e. The van der Waals surface area contributed by atoms with Gasteiger partial charge in [0.05, 0.1) is 12.3 Å². The molecule has 1 aromatic carbocycles. The van der Waals surface area contributed by atoms with Gasteiger partial charge in [-0.15, -0.1) is 0 Å². The smallest absolute Gasteiger partial charge is 0.181 e. The summed E-state index contributed by atoms with van der Waals surface area (Å²) in [6, 6.07) is 5.58. The lowest BCUT2D eigenvalue weighted by atomic mass is 10.2. The van der Waals surface area contributed by atoms with Crippen LogP contribution in [0.2, 0.25) is 0 Å². The number of aromatic hydroxyl groups is 1. The second kappa shape index (κ2) is 4.01. The van der Waals surface area contributed by atoms with Gasteiger partial charge in [0, 0.05) is 14.1 Å². The monoisotopic (exact) mass is 207 g/mol. The zero-order valence-corrected chi connectivity index (χ0v) is 9.23. The molecule has 0 bridgehead atoms. The van der Waals surface area contributed by atoms with Gasteiger partial charge >= 0.3 is 0 Å². The van der Waals surface area contributed by atoms with Crippen LogP contribution >= 0.6 is 0 Å². The summed E-state index contributed by atoms with van der Waals surface area (Å²) in [6.45, 7) is 0.727. The first-order valence-corrected chi connectivity index (χ1v) is 5.30. The van der Waals surface area contributed by atoms with E-state index in [4.69, 9.17) is 4.74 Å². The highest BCUT2D eigenvalue weighted by molar-refractivity contribution is 5.63. The number of phenolic OH excluding ortho intramolecular Hbond substituents is 1. The predicted molar refractivity (Wildman–Crippen MR) is 60.7 cm³/mol. The van der Waals surface area contributed by atoms with Crippen LogP contribution in [0.25, 0.3) is 0 Å². The fourth-order valence-electron chi connectivity index (χ4n) is 1.48. The predicted octanol–water partition coefficient (Wildman–Crippen LogP) is 2.25. The van der Waals surface area contributed by atoms with E-state index in [1.54, 1.807) is 0 Å². The van der Waals surface area contributed by atoms with Crippen molar-refractivity contribution in [3.8, 4) is 11.5 Å². The SMILES string of the molecule is CN(C)c1cccc(OCC2CC2)c1O. The molecule has 1 N–H and O–H groups in total. The van der Waals surface area contributed by atoms with Crippen molar-refractivity contribution < 1.29 is 9.84 Å². The number of nitrogens with zero attached hydrogens (tertiary/aromatic N) is 1. The number of phenols is 1. The summed E-state index contributed by atoms with van der Waals surface area (Å²) in [7, 11) is 3.81. The van der Waals surface area contributed by atoms with Crippen LogP contribution in [-0.4, -0.2) is 25.8 Å². The molecular formula is C12H17NO2. The van der Waals surface area contributed by atoms with Crippen LogP contribution in [0.4, 0.5) is 5.69 Å². The van der Waals surface area contributed by atoms with Crippen LogP contribution in [-0.2, 0) is 0 Å². The Kier molecular flexibility index (Phi) is 2.71. The third-order valence-corrected chi connectivity index (χ3v) is 2.63. The molecule has 1 saturated carbocycles. The molecule has 2 rings (SSSR count). The van der Waals surface area contributed by atoms with Crippen molar-refractivity contribution in [2.45, 2.75) is 12.8 Å². The van der Waals surface area contributed by atoms with Crippen LogP contribution < -0.4 is 9.64 Å². The molecule has 0 atom stereocenters. The van der Waals surface area contributed by atoms with Gasteiger partial charge in [-0.05, 0) is 30.9 Å². The maximum Gasteiger partial charge on any atom is 0.181 e. The fraction of sp³-hybridized carbons (Fsp3) is 0.500. The fourth-order valence-corrected chi connectivity index (χ4v) is 1.48. The maximum atomic E-state index is 9.93. The molecule has 0 aromatic heterocycles. The Hall–Kier alpha value is -1.38. The highest BCUT2D eigenvalue weighted by atomic mass is 16.5. The number of anilines is 1. The summed E-state index contributed by atoms with van der Waals surface area (Å²) in [5.41, 5.74) is 0.795. The van der Waals surface area contributed by atoms with Crippen molar-refractivity contribution in [3.63, 3.8) is 0 Å². The van der Waals surface area contributed by atoms with Gasteiger partial charge < -0.3 is 14.7 Å². The molecular weight excluding hydrogens is 190 g/mol. The summed E-state index contributed by atoms with van der Waals surface area (Å²) in [6.07, 6.45) is 2.52. The Morgan fingerprint density at radius 2 is 2.13 bits per heavy atom. The zero-order chi connectivity index (χ0) is 10.8. The molecule has 0 radical (unpaired) electrons. The molecule has 82 valence electrons. The number of para-hydroxylation sites is 1. The van der Waals surface area contributed by atoms with Gasteiger partial charge in [0.25, 0.3) is 0 Å². The van der Waals surface area contributed by atoms with E-state index in [1.807, 2.05) is 37.2 Å². The van der Waals surface area contributed by atoms with Gasteiger partial charge in [-0.25, -0.2) is 0 Å². The van der Waals surface area contributed by atoms with Crippen molar-refractivity contribution >= 4 is 5.69 Å². The van der Waals surface area contributed by atoms with Crippen LogP contribution in [0.15, 0.2) is 18.2 Å². The molecule has 1 aliphatic carbocycles. The van der Waals surface area contributed by atoms with Gasteiger partial charge in [-0.1, -0.05) is 6.07 Å². The standard InChI is InChI=1S/C12H17NO2/c1-13(2)10-4-3-5-11(12(10)14)15-8-9-6-7-9/h3-5,9,14H,6-8H2,1-2H3. The van der Waals surface area contributed by atoms with Gasteiger partial charge in [0.2, 0.25) is 0 Å². The van der Waals surface area contributed by atoms with Gasteiger partial charge in [-0.3, -0.25) is 0 Å². The van der Waals surface area contributed by atoms with Crippen molar-refractivity contribution in [1.29, 1.82) is 0 Å².